The summed E-state index contributed by atoms with van der Waals surface area (Å²) >= 11 is 25.2. The third kappa shape index (κ3) is 9.83. The average Bonchev–Trinajstić information content (AvgIpc) is 3.40. The number of para-hydroxylation sites is 2. The Balaban J connectivity index is 1.33. The highest BCUT2D eigenvalue weighted by atomic mass is 35.5. The summed E-state index contributed by atoms with van der Waals surface area (Å²) in [6.45, 7) is 1.52. The van der Waals surface area contributed by atoms with Crippen LogP contribution >= 0.6 is 46.4 Å². The number of nitrogens with one attached hydrogen (secondary N) is 1. The van der Waals surface area contributed by atoms with E-state index in [2.05, 4.69) is 5.32 Å². The van der Waals surface area contributed by atoms with Crippen LogP contribution in [-0.2, 0) is 29.0 Å². The van der Waals surface area contributed by atoms with Gasteiger partial charge in [-0.3, -0.25) is 14.2 Å². The summed E-state index contributed by atoms with van der Waals surface area (Å²) < 4.78 is 12.5. The molecule has 13 heteroatoms. The van der Waals surface area contributed by atoms with Crippen LogP contribution in [0.15, 0.2) is 94.1 Å². The van der Waals surface area contributed by atoms with Gasteiger partial charge in [-0.1, -0.05) is 94.9 Å². The molecule has 9 nitrogen and oxygen atoms in total. The van der Waals surface area contributed by atoms with Gasteiger partial charge in [-0.15, -0.1) is 0 Å². The molecule has 0 aliphatic heterocycles. The van der Waals surface area contributed by atoms with Crippen LogP contribution in [0.5, 0.6) is 5.75 Å². The number of hydrogen-bond acceptors (Lipinski definition) is 6. The number of aliphatic hydroxyl groups is 1. The number of oxazole rings is 1. The van der Waals surface area contributed by atoms with Gasteiger partial charge in [-0.25, -0.2) is 4.79 Å². The molecule has 2 amide bonds. The van der Waals surface area contributed by atoms with Gasteiger partial charge in [0.2, 0.25) is 5.91 Å². The van der Waals surface area contributed by atoms with Crippen molar-refractivity contribution < 1.29 is 23.8 Å². The number of carbonyl (C=O) groups is 2. The number of aromatic nitrogens is 1. The van der Waals surface area contributed by atoms with E-state index in [1.807, 2.05) is 37.3 Å². The second-order valence-electron chi connectivity index (χ2n) is 11.8. The molecular weight excluding hydrogens is 724 g/mol. The molecule has 0 saturated carbocycles. The third-order valence-electron chi connectivity index (χ3n) is 8.15. The zero-order valence-corrected chi connectivity index (χ0v) is 30.1. The first-order valence-corrected chi connectivity index (χ1v) is 17.4. The minimum absolute atomic E-state index is 0.0505. The molecule has 0 fully saturated rings. The van der Waals surface area contributed by atoms with E-state index >= 15 is 0 Å². The maximum Gasteiger partial charge on any atom is 0.419 e. The first kappa shape index (κ1) is 37.3. The lowest BCUT2D eigenvalue weighted by Gasteiger charge is -2.30. The molecule has 0 spiro atoms. The lowest BCUT2D eigenvalue weighted by molar-refractivity contribution is -0.135. The van der Waals surface area contributed by atoms with Crippen LogP contribution in [0.3, 0.4) is 0 Å². The van der Waals surface area contributed by atoms with Crippen LogP contribution in [0, 0.1) is 6.92 Å². The first-order valence-electron chi connectivity index (χ1n) is 15.9. The zero-order chi connectivity index (χ0) is 35.8. The summed E-state index contributed by atoms with van der Waals surface area (Å²) in [5, 5.41) is 16.0. The Bertz CT molecular complexity index is 1990. The van der Waals surface area contributed by atoms with Crippen LogP contribution in [0.1, 0.15) is 23.1 Å². The van der Waals surface area contributed by atoms with Gasteiger partial charge in [-0.2, -0.15) is 0 Å². The number of fused-ring (bicyclic) bond motifs is 1. The van der Waals surface area contributed by atoms with E-state index in [1.54, 1.807) is 54.6 Å². The summed E-state index contributed by atoms with van der Waals surface area (Å²) in [4.78, 5) is 40.9. The van der Waals surface area contributed by atoms with E-state index in [-0.39, 0.29) is 54.2 Å². The smallest absolute Gasteiger partial charge is 0.419 e. The lowest BCUT2D eigenvalue weighted by Crippen LogP contribution is -2.51. The van der Waals surface area contributed by atoms with Gasteiger partial charge in [0.05, 0.1) is 27.7 Å². The van der Waals surface area contributed by atoms with Gasteiger partial charge in [0.15, 0.2) is 17.9 Å². The summed E-state index contributed by atoms with van der Waals surface area (Å²) in [5.74, 6) is -1.23. The number of hydrogen-bond donors (Lipinski definition) is 2. The van der Waals surface area contributed by atoms with Crippen molar-refractivity contribution in [1.29, 1.82) is 0 Å². The summed E-state index contributed by atoms with van der Waals surface area (Å²) in [7, 11) is 0. The van der Waals surface area contributed by atoms with Crippen molar-refractivity contribution in [3.05, 3.63) is 132 Å². The summed E-state index contributed by atoms with van der Waals surface area (Å²) in [6, 6.07) is 24.0. The number of ether oxygens (including phenoxy) is 1. The van der Waals surface area contributed by atoms with Crippen LogP contribution in [0.4, 0.5) is 0 Å². The molecule has 50 heavy (non-hydrogen) atoms. The minimum atomic E-state index is -1.20. The van der Waals surface area contributed by atoms with Gasteiger partial charge < -0.3 is 24.5 Å². The molecule has 1 aromatic heterocycles. The molecule has 4 aromatic carbocycles. The fraction of sp³-hybridized carbons (Fsp3) is 0.270. The number of halogens is 4. The predicted octanol–water partition coefficient (Wildman–Crippen LogP) is 7.15. The molecule has 262 valence electrons. The molecule has 0 saturated heterocycles. The van der Waals surface area contributed by atoms with E-state index in [4.69, 9.17) is 55.6 Å². The van der Waals surface area contributed by atoms with Gasteiger partial charge in [0, 0.05) is 36.1 Å². The van der Waals surface area contributed by atoms with Gasteiger partial charge >= 0.3 is 5.76 Å². The molecule has 0 bridgehead atoms. The van der Waals surface area contributed by atoms with Crippen LogP contribution < -0.4 is 15.8 Å². The maximum absolute atomic E-state index is 13.7. The standard InChI is InChI=1S/C37H35Cl4N3O6/c1-23-17-28(40)36(29(41)18-23)49-22-35(47)43(15-13-25-11-12-26(38)20-27(25)39)21-32(45)30(19-24-7-3-2-4-8-24)42-34(46)14-16-44-31-9-5-6-10-33(31)50-37(44)48/h2-12,17-18,20,30,32,45H,13-16,19,21-22H2,1H3,(H,42,46). The van der Waals surface area contributed by atoms with Gasteiger partial charge in [0.1, 0.15) is 0 Å². The lowest BCUT2D eigenvalue weighted by atomic mass is 10.00. The number of aryl methyl sites for hydroxylation is 2. The van der Waals surface area contributed by atoms with Crippen molar-refractivity contribution in [2.75, 3.05) is 19.7 Å². The molecule has 5 aromatic rings. The number of aliphatic hydroxyl groups excluding tert-OH is 1. The Morgan fingerprint density at radius 2 is 1.64 bits per heavy atom. The molecule has 2 atom stereocenters. The highest BCUT2D eigenvalue weighted by Gasteiger charge is 2.27. The topological polar surface area (TPSA) is 114 Å². The van der Waals surface area contributed by atoms with Crippen LogP contribution in [0.25, 0.3) is 11.1 Å². The fourth-order valence-corrected chi connectivity index (χ4v) is 6.78. The molecule has 0 radical (unpaired) electrons. The molecular formula is C37H35Cl4N3O6. The molecule has 0 aliphatic carbocycles. The highest BCUT2D eigenvalue weighted by Crippen LogP contribution is 2.34. The monoisotopic (exact) mass is 757 g/mol. The fourth-order valence-electron chi connectivity index (χ4n) is 5.57. The Morgan fingerprint density at radius 3 is 2.36 bits per heavy atom. The number of carbonyl (C=O) groups excluding carboxylic acids is 2. The highest BCUT2D eigenvalue weighted by molar-refractivity contribution is 6.37. The van der Waals surface area contributed by atoms with Crippen LogP contribution in [0.2, 0.25) is 20.1 Å². The van der Waals surface area contributed by atoms with Crippen molar-refractivity contribution in [2.24, 2.45) is 0 Å². The third-order valence-corrected chi connectivity index (χ3v) is 9.30. The van der Waals surface area contributed by atoms with Crippen molar-refractivity contribution in [3.63, 3.8) is 0 Å². The number of benzene rings is 4. The summed E-state index contributed by atoms with van der Waals surface area (Å²) in [5.41, 5.74) is 3.46. The van der Waals surface area contributed by atoms with E-state index in [0.29, 0.717) is 27.6 Å². The second kappa shape index (κ2) is 17.3. The Kier molecular flexibility index (Phi) is 12.9. The van der Waals surface area contributed by atoms with Gasteiger partial charge in [0.25, 0.3) is 5.91 Å². The Morgan fingerprint density at radius 1 is 0.940 bits per heavy atom. The molecule has 5 rings (SSSR count). The maximum atomic E-state index is 13.7. The van der Waals surface area contributed by atoms with Crippen molar-refractivity contribution in [2.45, 2.75) is 44.9 Å². The van der Waals surface area contributed by atoms with E-state index < -0.39 is 30.4 Å². The van der Waals surface area contributed by atoms with E-state index in [1.165, 1.54) is 9.47 Å². The van der Waals surface area contributed by atoms with Crippen molar-refractivity contribution in [3.8, 4) is 5.75 Å². The SMILES string of the molecule is Cc1cc(Cl)c(OCC(=O)N(CCc2ccc(Cl)cc2Cl)CC(O)C(Cc2ccccc2)NC(=O)CCn2c(=O)oc3ccccc32)c(Cl)c1. The van der Waals surface area contributed by atoms with E-state index in [9.17, 15) is 19.5 Å². The second-order valence-corrected chi connectivity index (χ2v) is 13.5. The first-order chi connectivity index (χ1) is 24.0. The number of rotatable bonds is 15. The molecule has 2 N–H and O–H groups in total. The van der Waals surface area contributed by atoms with Crippen molar-refractivity contribution in [1.82, 2.24) is 14.8 Å². The molecule has 0 aliphatic rings. The zero-order valence-electron chi connectivity index (χ0n) is 27.1. The van der Waals surface area contributed by atoms with E-state index in [0.717, 1.165) is 16.7 Å². The number of nitrogens with zero attached hydrogens (tertiary/aromatic N) is 2. The minimum Gasteiger partial charge on any atom is -0.481 e. The Hall–Kier alpha value is -3.99. The van der Waals surface area contributed by atoms with Crippen molar-refractivity contribution >= 4 is 69.3 Å². The average molecular weight is 760 g/mol. The quantitative estimate of drug-likeness (QED) is 0.117. The predicted molar refractivity (Wildman–Crippen MR) is 197 cm³/mol. The molecule has 2 unspecified atom stereocenters. The largest absolute Gasteiger partial charge is 0.481 e. The van der Waals surface area contributed by atoms with Gasteiger partial charge in [-0.05, 0) is 72.9 Å². The van der Waals surface area contributed by atoms with Crippen LogP contribution in [-0.4, -0.2) is 58.2 Å². The summed E-state index contributed by atoms with van der Waals surface area (Å²) in [6.07, 6.45) is -0.625. The normalized spacial score (nSPS) is 12.4. The number of amides is 2. The molecule has 1 heterocycles. The Labute approximate surface area is 309 Å².